The van der Waals surface area contributed by atoms with Crippen molar-refractivity contribution in [2.24, 2.45) is 0 Å². The highest BCUT2D eigenvalue weighted by molar-refractivity contribution is 6.29. The first-order chi connectivity index (χ1) is 29.6. The molecule has 0 saturated heterocycles. The first kappa shape index (κ1) is 37.9. The molecule has 2 unspecified atom stereocenters. The number of allylic oxidation sites excluding steroid dienone is 2. The summed E-state index contributed by atoms with van der Waals surface area (Å²) in [5, 5.41) is 9.54. The molecule has 0 amide bonds. The molecule has 2 aliphatic carbocycles. The van der Waals surface area contributed by atoms with Crippen molar-refractivity contribution in [2.45, 2.75) is 63.8 Å². The van der Waals surface area contributed by atoms with Gasteiger partial charge < -0.3 is 9.47 Å². The topological polar surface area (TPSA) is 94.7 Å². The molecule has 0 saturated carbocycles. The van der Waals surface area contributed by atoms with Crippen LogP contribution >= 0.6 is 0 Å². The predicted octanol–water partition coefficient (Wildman–Crippen LogP) is 8.40. The van der Waals surface area contributed by atoms with Crippen LogP contribution in [0.2, 0.25) is 0 Å². The second-order valence-electron chi connectivity index (χ2n) is 16.1. The molecule has 4 aromatic carbocycles. The number of para-hydroxylation sites is 2. The zero-order chi connectivity index (χ0) is 40.4. The van der Waals surface area contributed by atoms with Crippen LogP contribution in [0.1, 0.15) is 82.9 Å². The van der Waals surface area contributed by atoms with Gasteiger partial charge in [-0.25, -0.2) is 19.0 Å². The third-order valence-electron chi connectivity index (χ3n) is 12.5. The second-order valence-corrected chi connectivity index (χ2v) is 16.1. The minimum atomic E-state index is -0.995. The number of aromatic nitrogens is 4. The number of fused-ring (bicyclic) bond motifs is 4. The lowest BCUT2D eigenvalue weighted by molar-refractivity contribution is -0.186. The molecule has 4 aliphatic rings. The first-order valence-electron chi connectivity index (χ1n) is 21.3. The van der Waals surface area contributed by atoms with E-state index in [0.29, 0.717) is 26.2 Å². The molecule has 10 rings (SSSR count). The monoisotopic (exact) mass is 796 g/mol. The van der Waals surface area contributed by atoms with Gasteiger partial charge in [-0.1, -0.05) is 97.1 Å². The minimum Gasteiger partial charge on any atom is -0.434 e. The van der Waals surface area contributed by atoms with Gasteiger partial charge in [0.15, 0.2) is 12.5 Å². The average Bonchev–Trinajstić information content (AvgIpc) is 3.95. The Morgan fingerprint density at radius 2 is 0.950 bits per heavy atom. The fourth-order valence-electron chi connectivity index (χ4n) is 9.50. The molecule has 10 heteroatoms. The number of rotatable bonds is 8. The van der Waals surface area contributed by atoms with Crippen LogP contribution in [0.15, 0.2) is 134 Å². The number of esters is 2. The van der Waals surface area contributed by atoms with E-state index in [2.05, 4.69) is 58.4 Å². The number of carbonyl (C=O) groups excluding carboxylic acids is 2. The smallest absolute Gasteiger partial charge is 0.419 e. The van der Waals surface area contributed by atoms with Crippen molar-refractivity contribution in [3.63, 3.8) is 0 Å². The second kappa shape index (κ2) is 16.7. The highest BCUT2D eigenvalue weighted by Gasteiger charge is 2.36. The molecule has 4 heterocycles. The Morgan fingerprint density at radius 1 is 0.533 bits per heavy atom. The van der Waals surface area contributed by atoms with E-state index < -0.39 is 24.4 Å². The summed E-state index contributed by atoms with van der Waals surface area (Å²) in [7, 11) is 0. The molecule has 0 radical (unpaired) electrons. The van der Waals surface area contributed by atoms with Gasteiger partial charge in [0.1, 0.15) is 0 Å². The Labute approximate surface area is 350 Å². The van der Waals surface area contributed by atoms with Crippen LogP contribution in [0, 0.1) is 0 Å². The Hall–Kier alpha value is -6.36. The van der Waals surface area contributed by atoms with Crippen molar-refractivity contribution in [1.82, 2.24) is 29.4 Å². The van der Waals surface area contributed by atoms with E-state index in [4.69, 9.17) is 19.7 Å². The molecule has 2 aliphatic heterocycles. The third-order valence-corrected chi connectivity index (χ3v) is 12.5. The first-order valence-corrected chi connectivity index (χ1v) is 21.3. The van der Waals surface area contributed by atoms with E-state index in [0.717, 1.165) is 85.0 Å². The summed E-state index contributed by atoms with van der Waals surface area (Å²) in [6.45, 7) is 2.46. The summed E-state index contributed by atoms with van der Waals surface area (Å²) in [6, 6.07) is 36.6. The standard InChI is InChI=1S/C50H48N6O4/c57-49(59-47-41-21-9-7-13-35(41)25-29-53(47)31-27-37-15-11-23-45-43(37)33-51-55(45)39-17-3-1-4-18-39)50(58)60-48-42-22-10-8-14-36(42)26-30-54(48)32-28-38-16-12-24-46-44(38)34-52-56(46)40-19-5-2-6-20-40/h1-10,13-14,17-22,27-28,33-34,47-48H,11-12,15-16,23-26,29-32H2/b37-27-,38-28-. The van der Waals surface area contributed by atoms with Gasteiger partial charge in [0.05, 0.1) is 35.2 Å². The quantitative estimate of drug-likeness (QED) is 0.112. The molecule has 2 atom stereocenters. The predicted molar refractivity (Wildman–Crippen MR) is 230 cm³/mol. The summed E-state index contributed by atoms with van der Waals surface area (Å²) in [6.07, 6.45) is 14.5. The summed E-state index contributed by atoms with van der Waals surface area (Å²) in [5.41, 5.74) is 13.3. The van der Waals surface area contributed by atoms with Gasteiger partial charge in [-0.05, 0) is 97.9 Å². The molecule has 0 spiro atoms. The van der Waals surface area contributed by atoms with Crippen molar-refractivity contribution in [2.75, 3.05) is 26.2 Å². The lowest BCUT2D eigenvalue weighted by Crippen LogP contribution is -2.41. The zero-order valence-electron chi connectivity index (χ0n) is 33.7. The zero-order valence-corrected chi connectivity index (χ0v) is 33.7. The Balaban J connectivity index is 0.873. The van der Waals surface area contributed by atoms with Crippen LogP contribution < -0.4 is 0 Å². The van der Waals surface area contributed by atoms with Crippen LogP contribution in [-0.4, -0.2) is 67.5 Å². The van der Waals surface area contributed by atoms with Gasteiger partial charge in [-0.3, -0.25) is 9.80 Å². The van der Waals surface area contributed by atoms with Crippen LogP contribution in [0.4, 0.5) is 0 Å². The average molecular weight is 797 g/mol. The molecule has 2 aromatic heterocycles. The third kappa shape index (κ3) is 7.41. The summed E-state index contributed by atoms with van der Waals surface area (Å²) in [4.78, 5) is 32.2. The van der Waals surface area contributed by atoms with Gasteiger partial charge >= 0.3 is 11.9 Å². The van der Waals surface area contributed by atoms with E-state index in [1.807, 2.05) is 94.6 Å². The Morgan fingerprint density at radius 3 is 1.40 bits per heavy atom. The van der Waals surface area contributed by atoms with Crippen LogP contribution in [0.5, 0.6) is 0 Å². The molecule has 10 nitrogen and oxygen atoms in total. The van der Waals surface area contributed by atoms with Gasteiger partial charge in [-0.15, -0.1) is 0 Å². The van der Waals surface area contributed by atoms with Gasteiger partial charge in [-0.2, -0.15) is 10.2 Å². The molecule has 60 heavy (non-hydrogen) atoms. The molecule has 0 N–H and O–H groups in total. The van der Waals surface area contributed by atoms with Crippen molar-refractivity contribution >= 4 is 23.1 Å². The maximum Gasteiger partial charge on any atom is 0.419 e. The fraction of sp³-hybridized carbons (Fsp3) is 0.280. The maximum atomic E-state index is 13.9. The molecule has 302 valence electrons. The number of carbonyl (C=O) groups is 2. The van der Waals surface area contributed by atoms with E-state index >= 15 is 0 Å². The summed E-state index contributed by atoms with van der Waals surface area (Å²) >= 11 is 0. The van der Waals surface area contributed by atoms with E-state index in [1.54, 1.807) is 0 Å². The number of hydrogen-bond acceptors (Lipinski definition) is 8. The number of hydrogen-bond donors (Lipinski definition) is 0. The Kier molecular flexibility index (Phi) is 10.6. The molecule has 6 aromatic rings. The van der Waals surface area contributed by atoms with Crippen LogP contribution in [-0.2, 0) is 44.7 Å². The summed E-state index contributed by atoms with van der Waals surface area (Å²) < 4.78 is 16.5. The van der Waals surface area contributed by atoms with E-state index in [1.165, 1.54) is 33.7 Å². The lowest BCUT2D eigenvalue weighted by Gasteiger charge is -2.37. The maximum absolute atomic E-state index is 13.9. The molecule has 0 bridgehead atoms. The summed E-state index contributed by atoms with van der Waals surface area (Å²) in [5.74, 6) is -1.99. The number of nitrogens with zero attached hydrogens (tertiary/aromatic N) is 6. The van der Waals surface area contributed by atoms with Crippen LogP contribution in [0.25, 0.3) is 22.5 Å². The van der Waals surface area contributed by atoms with Crippen molar-refractivity contribution < 1.29 is 19.1 Å². The highest BCUT2D eigenvalue weighted by atomic mass is 16.6. The minimum absolute atomic E-state index is 0.553. The van der Waals surface area contributed by atoms with Crippen molar-refractivity contribution in [3.05, 3.63) is 179 Å². The number of benzene rings is 4. The van der Waals surface area contributed by atoms with Gasteiger partial charge in [0.25, 0.3) is 0 Å². The molecular formula is C50H48N6O4. The largest absolute Gasteiger partial charge is 0.434 e. The normalized spacial score (nSPS) is 20.2. The fourth-order valence-corrected chi connectivity index (χ4v) is 9.50. The SMILES string of the molecule is O=C(OC1c2ccccc2CCN1C/C=C1/CCCc2c1cnn2-c1ccccc1)C(=O)OC1c2ccccc2CCN1C/C=C1/CCCc2c1cnn2-c1ccccc1. The van der Waals surface area contributed by atoms with Crippen LogP contribution in [0.3, 0.4) is 0 Å². The van der Waals surface area contributed by atoms with Crippen molar-refractivity contribution in [1.29, 1.82) is 0 Å². The lowest BCUT2D eigenvalue weighted by atomic mass is 9.91. The van der Waals surface area contributed by atoms with E-state index in [9.17, 15) is 9.59 Å². The highest BCUT2D eigenvalue weighted by Crippen LogP contribution is 2.37. The molecular weight excluding hydrogens is 749 g/mol. The van der Waals surface area contributed by atoms with Gasteiger partial charge in [0.2, 0.25) is 0 Å². The van der Waals surface area contributed by atoms with Gasteiger partial charge in [0, 0.05) is 48.4 Å². The molecule has 0 fully saturated rings. The number of ether oxygens (including phenoxy) is 2. The van der Waals surface area contributed by atoms with Crippen molar-refractivity contribution in [3.8, 4) is 11.4 Å². The van der Waals surface area contributed by atoms with E-state index in [-0.39, 0.29) is 0 Å². The Bertz CT molecular complexity index is 2410.